The van der Waals surface area contributed by atoms with Gasteiger partial charge in [0.15, 0.2) is 5.69 Å². The van der Waals surface area contributed by atoms with Gasteiger partial charge in [0.2, 0.25) is 17.3 Å². The molecule has 10 heteroatoms. The number of carbonyl (C=O) groups is 3. The molecule has 0 fully saturated rings. The van der Waals surface area contributed by atoms with E-state index in [1.165, 1.54) is 11.8 Å². The summed E-state index contributed by atoms with van der Waals surface area (Å²) in [5.74, 6) is -1.15. The Morgan fingerprint density at radius 3 is 2.42 bits per heavy atom. The Labute approximate surface area is 189 Å². The van der Waals surface area contributed by atoms with E-state index in [1.54, 1.807) is 48.5 Å². The minimum absolute atomic E-state index is 0.0470. The molecule has 0 radical (unpaired) electrons. The maximum atomic E-state index is 12.9. The summed E-state index contributed by atoms with van der Waals surface area (Å²) in [5, 5.41) is 22.5. The molecule has 0 unspecified atom stereocenters. The van der Waals surface area contributed by atoms with Crippen molar-refractivity contribution < 1.29 is 24.1 Å². The van der Waals surface area contributed by atoms with E-state index in [9.17, 15) is 19.6 Å². The van der Waals surface area contributed by atoms with Crippen LogP contribution in [0, 0.1) is 5.21 Å². The molecule has 1 aliphatic carbocycles. The third-order valence-corrected chi connectivity index (χ3v) is 5.38. The molecule has 0 amide bonds. The molecule has 0 saturated carbocycles. The first-order valence-corrected chi connectivity index (χ1v) is 10.5. The lowest BCUT2D eigenvalue weighted by Gasteiger charge is -2.12. The van der Waals surface area contributed by atoms with E-state index in [1.807, 2.05) is 0 Å². The topological polar surface area (TPSA) is 129 Å². The number of rotatable bonds is 9. The third kappa shape index (κ3) is 4.46. The Kier molecular flexibility index (Phi) is 6.45. The highest BCUT2D eigenvalue weighted by Crippen LogP contribution is 2.25. The minimum Gasteiger partial charge on any atom is -0.571 e. The van der Waals surface area contributed by atoms with Crippen LogP contribution in [0.2, 0.25) is 0 Å². The standard InChI is InChI=1S/C23H23N5O5/c1-33-23(31)15-7-9-16(10-8-15)25-13-12-24-11-4-14-27-20-19(26-28(27)32)21(29)17-5-2-3-6-18(17)22(20)30/h2-3,5-10,24-25H,4,11-14H2,1H3. The van der Waals surface area contributed by atoms with E-state index in [0.29, 0.717) is 42.1 Å². The van der Waals surface area contributed by atoms with Gasteiger partial charge in [-0.3, -0.25) is 9.59 Å². The highest BCUT2D eigenvalue weighted by molar-refractivity contribution is 6.26. The molecule has 1 aromatic heterocycles. The molecule has 2 aromatic carbocycles. The van der Waals surface area contributed by atoms with Crippen LogP contribution in [0.3, 0.4) is 0 Å². The molecule has 33 heavy (non-hydrogen) atoms. The molecule has 0 saturated heterocycles. The Morgan fingerprint density at radius 2 is 1.73 bits per heavy atom. The zero-order chi connectivity index (χ0) is 23.4. The van der Waals surface area contributed by atoms with Crippen molar-refractivity contribution in [2.24, 2.45) is 0 Å². The molecular weight excluding hydrogens is 426 g/mol. The van der Waals surface area contributed by atoms with Crippen molar-refractivity contribution in [1.82, 2.24) is 15.1 Å². The summed E-state index contributed by atoms with van der Waals surface area (Å²) in [6.07, 6.45) is 0.571. The number of hydrogen-bond acceptors (Lipinski definition) is 8. The number of hydrogen-bond donors (Lipinski definition) is 2. The number of fused-ring (bicyclic) bond motifs is 2. The summed E-state index contributed by atoms with van der Waals surface area (Å²) in [6.45, 7) is 2.18. The van der Waals surface area contributed by atoms with Gasteiger partial charge in [-0.1, -0.05) is 24.3 Å². The predicted octanol–water partition coefficient (Wildman–Crippen LogP) is 1.17. The van der Waals surface area contributed by atoms with E-state index >= 15 is 0 Å². The van der Waals surface area contributed by atoms with Crippen molar-refractivity contribution in [2.45, 2.75) is 13.0 Å². The maximum Gasteiger partial charge on any atom is 0.337 e. The SMILES string of the molecule is COC(=O)c1ccc(NCCNCCCn2c3c(n[n+]2[O-])C(=O)c2ccccc2C3=O)cc1. The Hall–Kier alpha value is -4.05. The van der Waals surface area contributed by atoms with Gasteiger partial charge < -0.3 is 20.6 Å². The van der Waals surface area contributed by atoms with Crippen molar-refractivity contribution in [2.75, 3.05) is 32.1 Å². The molecule has 0 spiro atoms. The molecule has 1 aliphatic rings. The number of aromatic nitrogens is 3. The van der Waals surface area contributed by atoms with E-state index in [2.05, 4.69) is 20.5 Å². The van der Waals surface area contributed by atoms with Crippen molar-refractivity contribution in [3.8, 4) is 0 Å². The second-order valence-electron chi connectivity index (χ2n) is 7.48. The number of ketones is 2. The summed E-state index contributed by atoms with van der Waals surface area (Å²) >= 11 is 0. The predicted molar refractivity (Wildman–Crippen MR) is 118 cm³/mol. The highest BCUT2D eigenvalue weighted by Gasteiger charge is 2.38. The third-order valence-electron chi connectivity index (χ3n) is 5.38. The number of esters is 1. The first-order chi connectivity index (χ1) is 16.0. The fourth-order valence-corrected chi connectivity index (χ4v) is 3.72. The van der Waals surface area contributed by atoms with Crippen molar-refractivity contribution >= 4 is 23.2 Å². The van der Waals surface area contributed by atoms with Crippen LogP contribution >= 0.6 is 0 Å². The summed E-state index contributed by atoms with van der Waals surface area (Å²) in [6, 6.07) is 13.5. The van der Waals surface area contributed by atoms with Gasteiger partial charge in [0.1, 0.15) is 0 Å². The van der Waals surface area contributed by atoms with Crippen LogP contribution in [-0.4, -0.2) is 54.1 Å². The lowest BCUT2D eigenvalue weighted by atomic mass is 9.90. The highest BCUT2D eigenvalue weighted by atomic mass is 16.5. The molecule has 4 rings (SSSR count). The number of carbonyl (C=O) groups excluding carboxylic acids is 3. The summed E-state index contributed by atoms with van der Waals surface area (Å²) in [5.41, 5.74) is 1.89. The Morgan fingerprint density at radius 1 is 1.03 bits per heavy atom. The molecule has 1 heterocycles. The first kappa shape index (κ1) is 22.2. The molecular formula is C23H23N5O5. The van der Waals surface area contributed by atoms with Gasteiger partial charge in [-0.15, -0.1) is 4.68 Å². The summed E-state index contributed by atoms with van der Waals surface area (Å²) in [7, 11) is 1.34. The number of anilines is 1. The quantitative estimate of drug-likeness (QED) is 0.169. The fourth-order valence-electron chi connectivity index (χ4n) is 3.72. The van der Waals surface area contributed by atoms with Gasteiger partial charge >= 0.3 is 5.97 Å². The number of benzene rings is 2. The van der Waals surface area contributed by atoms with E-state index in [-0.39, 0.29) is 35.2 Å². The van der Waals surface area contributed by atoms with Crippen molar-refractivity contribution in [3.05, 3.63) is 81.8 Å². The molecule has 0 bridgehead atoms. The molecule has 10 nitrogen and oxygen atoms in total. The number of ether oxygens (including phenoxy) is 1. The number of nitrogens with one attached hydrogen (secondary N) is 2. The Balaban J connectivity index is 1.26. The fraction of sp³-hybridized carbons (Fsp3) is 0.261. The maximum absolute atomic E-state index is 12.9. The van der Waals surface area contributed by atoms with Crippen LogP contribution in [0.15, 0.2) is 48.5 Å². The largest absolute Gasteiger partial charge is 0.571 e. The van der Waals surface area contributed by atoms with Crippen LogP contribution in [0.4, 0.5) is 5.69 Å². The van der Waals surface area contributed by atoms with Crippen molar-refractivity contribution in [3.63, 3.8) is 0 Å². The number of methoxy groups -OCH3 is 1. The zero-order valence-electron chi connectivity index (χ0n) is 18.0. The van der Waals surface area contributed by atoms with Crippen LogP contribution in [0.5, 0.6) is 0 Å². The van der Waals surface area contributed by atoms with E-state index < -0.39 is 5.78 Å². The lowest BCUT2D eigenvalue weighted by molar-refractivity contribution is -0.749. The van der Waals surface area contributed by atoms with Crippen LogP contribution < -0.4 is 15.6 Å². The molecule has 170 valence electrons. The van der Waals surface area contributed by atoms with Crippen LogP contribution in [0.1, 0.15) is 48.9 Å². The lowest BCUT2D eigenvalue weighted by Crippen LogP contribution is -2.41. The second-order valence-corrected chi connectivity index (χ2v) is 7.48. The minimum atomic E-state index is -0.410. The van der Waals surface area contributed by atoms with Gasteiger partial charge in [-0.25, -0.2) is 4.79 Å². The van der Waals surface area contributed by atoms with Gasteiger partial charge in [-0.2, -0.15) is 0 Å². The van der Waals surface area contributed by atoms with Gasteiger partial charge in [-0.05, 0) is 37.2 Å². The van der Waals surface area contributed by atoms with Crippen LogP contribution in [-0.2, 0) is 11.3 Å². The monoisotopic (exact) mass is 449 g/mol. The normalized spacial score (nSPS) is 12.3. The second kappa shape index (κ2) is 9.61. The molecule has 2 N–H and O–H groups in total. The Bertz CT molecular complexity index is 1200. The van der Waals surface area contributed by atoms with Gasteiger partial charge in [0.05, 0.1) is 19.2 Å². The average molecular weight is 449 g/mol. The number of nitrogens with zero attached hydrogens (tertiary/aromatic N) is 3. The molecule has 0 atom stereocenters. The van der Waals surface area contributed by atoms with E-state index in [4.69, 9.17) is 0 Å². The average Bonchev–Trinajstić information content (AvgIpc) is 3.18. The zero-order valence-corrected chi connectivity index (χ0v) is 18.0. The summed E-state index contributed by atoms with van der Waals surface area (Å²) in [4.78, 5) is 37.3. The van der Waals surface area contributed by atoms with Crippen LogP contribution in [0.25, 0.3) is 0 Å². The molecule has 0 aliphatic heterocycles. The molecule has 3 aromatic rings. The van der Waals surface area contributed by atoms with Crippen molar-refractivity contribution in [1.29, 1.82) is 0 Å². The van der Waals surface area contributed by atoms with Gasteiger partial charge in [0.25, 0.3) is 0 Å². The first-order valence-electron chi connectivity index (χ1n) is 10.5. The smallest absolute Gasteiger partial charge is 0.337 e. The van der Waals surface area contributed by atoms with Gasteiger partial charge in [0, 0.05) is 40.0 Å². The van der Waals surface area contributed by atoms with E-state index in [0.717, 1.165) is 5.69 Å². The summed E-state index contributed by atoms with van der Waals surface area (Å²) < 4.78 is 5.89.